The Kier molecular flexibility index (Phi) is 7.49. The Morgan fingerprint density at radius 1 is 0.973 bits per heavy atom. The van der Waals surface area contributed by atoms with Crippen molar-refractivity contribution in [3.8, 4) is 16.9 Å². The number of carbonyl (C=O) groups excluding carboxylic acids is 1. The quantitative estimate of drug-likeness (QED) is 0.361. The Bertz CT molecular complexity index is 1450. The van der Waals surface area contributed by atoms with Gasteiger partial charge in [-0.15, -0.1) is 0 Å². The van der Waals surface area contributed by atoms with Gasteiger partial charge in [0.1, 0.15) is 11.4 Å². The molecule has 0 radical (unpaired) electrons. The van der Waals surface area contributed by atoms with E-state index in [-0.39, 0.29) is 28.9 Å². The lowest BCUT2D eigenvalue weighted by Crippen LogP contribution is -2.42. The molecule has 0 aliphatic heterocycles. The molecule has 0 bridgehead atoms. The van der Waals surface area contributed by atoms with E-state index in [1.807, 2.05) is 30.3 Å². The van der Waals surface area contributed by atoms with E-state index in [0.29, 0.717) is 0 Å². The van der Waals surface area contributed by atoms with Gasteiger partial charge in [-0.05, 0) is 48.4 Å². The predicted molar refractivity (Wildman–Crippen MR) is 129 cm³/mol. The van der Waals surface area contributed by atoms with Crippen LogP contribution in [0.25, 0.3) is 16.9 Å². The van der Waals surface area contributed by atoms with Crippen LogP contribution in [-0.4, -0.2) is 33.4 Å². The average molecular weight is 511 g/mol. The van der Waals surface area contributed by atoms with E-state index in [1.54, 1.807) is 0 Å². The summed E-state index contributed by atoms with van der Waals surface area (Å²) in [4.78, 5) is 26.4. The van der Waals surface area contributed by atoms with Gasteiger partial charge < -0.3 is 10.4 Å². The number of aliphatic hydroxyl groups is 1. The van der Waals surface area contributed by atoms with Gasteiger partial charge in [0, 0.05) is 5.56 Å². The van der Waals surface area contributed by atoms with Crippen molar-refractivity contribution in [2.24, 2.45) is 0 Å². The smallest absolute Gasteiger partial charge is 0.394 e. The Balaban J connectivity index is 1.75. The molecule has 10 heteroatoms. The molecule has 4 rings (SSSR count). The lowest BCUT2D eigenvalue weighted by atomic mass is 10.1. The van der Waals surface area contributed by atoms with E-state index in [4.69, 9.17) is 0 Å². The average Bonchev–Trinajstić information content (AvgIpc) is 2.88. The topological polar surface area (TPSA) is 84.2 Å². The normalized spacial score (nSPS) is 12.2. The fourth-order valence-electron chi connectivity index (χ4n) is 3.73. The van der Waals surface area contributed by atoms with Gasteiger partial charge in [-0.25, -0.2) is 4.39 Å². The molecule has 0 spiro atoms. The summed E-state index contributed by atoms with van der Waals surface area (Å²) < 4.78 is 53.7. The summed E-state index contributed by atoms with van der Waals surface area (Å²) >= 11 is 0. The van der Waals surface area contributed by atoms with E-state index in [1.165, 1.54) is 24.3 Å². The van der Waals surface area contributed by atoms with Gasteiger partial charge in [0.2, 0.25) is 0 Å². The highest BCUT2D eigenvalue weighted by molar-refractivity contribution is 5.95. The number of amides is 1. The van der Waals surface area contributed by atoms with Gasteiger partial charge >= 0.3 is 6.18 Å². The molecule has 0 saturated heterocycles. The molecule has 1 amide bonds. The summed E-state index contributed by atoms with van der Waals surface area (Å²) in [6, 6.07) is 18.5. The van der Waals surface area contributed by atoms with Crippen molar-refractivity contribution in [2.45, 2.75) is 18.6 Å². The van der Waals surface area contributed by atoms with E-state index in [0.717, 1.165) is 40.6 Å². The minimum Gasteiger partial charge on any atom is -0.394 e. The maximum Gasteiger partial charge on any atom is 0.416 e. The van der Waals surface area contributed by atoms with Crippen LogP contribution in [0.5, 0.6) is 0 Å². The van der Waals surface area contributed by atoms with Crippen molar-refractivity contribution in [3.63, 3.8) is 0 Å². The third-order valence-corrected chi connectivity index (χ3v) is 5.60. The molecular weight excluding hydrogens is 490 g/mol. The Morgan fingerprint density at radius 2 is 1.68 bits per heavy atom. The molecule has 190 valence electrons. The van der Waals surface area contributed by atoms with Crippen molar-refractivity contribution < 1.29 is 27.5 Å². The highest BCUT2D eigenvalue weighted by atomic mass is 19.4. The Hall–Kier alpha value is -4.31. The maximum atomic E-state index is 13.9. The van der Waals surface area contributed by atoms with Gasteiger partial charge in [0.25, 0.3) is 11.5 Å². The first kappa shape index (κ1) is 25.8. The molecule has 3 aromatic carbocycles. The highest BCUT2D eigenvalue weighted by Gasteiger charge is 2.30. The summed E-state index contributed by atoms with van der Waals surface area (Å²) in [6.45, 7) is -0.407. The summed E-state index contributed by atoms with van der Waals surface area (Å²) in [5.41, 5.74) is -1.02. The number of benzene rings is 3. The number of hydrogen-bond donors (Lipinski definition) is 2. The second kappa shape index (κ2) is 10.8. The van der Waals surface area contributed by atoms with Crippen LogP contribution in [0.4, 0.5) is 17.6 Å². The van der Waals surface area contributed by atoms with E-state index in [9.17, 15) is 32.3 Å². The van der Waals surface area contributed by atoms with Gasteiger partial charge in [-0.1, -0.05) is 48.5 Å². The lowest BCUT2D eigenvalue weighted by Gasteiger charge is -2.17. The maximum absolute atomic E-state index is 13.9. The number of alkyl halides is 3. The third kappa shape index (κ3) is 6.10. The number of carbonyl (C=O) groups is 1. The highest BCUT2D eigenvalue weighted by Crippen LogP contribution is 2.30. The number of nitrogens with one attached hydrogen (secondary N) is 1. The molecular formula is C27H21F4N3O3. The van der Waals surface area contributed by atoms with Crippen molar-refractivity contribution in [1.29, 1.82) is 0 Å². The summed E-state index contributed by atoms with van der Waals surface area (Å²) in [5.74, 6) is -1.47. The van der Waals surface area contributed by atoms with Gasteiger partial charge in [0.15, 0.2) is 0 Å². The molecule has 1 atom stereocenters. The Morgan fingerprint density at radius 3 is 2.30 bits per heavy atom. The first-order chi connectivity index (χ1) is 17.7. The molecule has 4 aromatic rings. The van der Waals surface area contributed by atoms with Crippen LogP contribution in [0.3, 0.4) is 0 Å². The van der Waals surface area contributed by atoms with E-state index >= 15 is 0 Å². The number of halogens is 4. The molecule has 1 aromatic heterocycles. The molecule has 1 heterocycles. The molecule has 0 unspecified atom stereocenters. The SMILES string of the molecule is O=C(N[C@@H](CO)Cc1ccccc1)c1cc(-c2ccc(C(F)(F)F)cc2)nn(-c2cccc(F)c2)c1=O. The molecule has 0 aliphatic rings. The van der Waals surface area contributed by atoms with Crippen LogP contribution in [0, 0.1) is 5.82 Å². The summed E-state index contributed by atoms with van der Waals surface area (Å²) in [7, 11) is 0. The third-order valence-electron chi connectivity index (χ3n) is 5.60. The molecule has 0 fully saturated rings. The predicted octanol–water partition coefficient (Wildman–Crippen LogP) is 4.39. The van der Waals surface area contributed by atoms with Crippen LogP contribution in [0.2, 0.25) is 0 Å². The Labute approximate surface area is 208 Å². The van der Waals surface area contributed by atoms with E-state index in [2.05, 4.69) is 10.4 Å². The number of nitrogens with zero attached hydrogens (tertiary/aromatic N) is 2. The van der Waals surface area contributed by atoms with Gasteiger partial charge in [-0.2, -0.15) is 23.0 Å². The molecule has 37 heavy (non-hydrogen) atoms. The fraction of sp³-hybridized carbons (Fsp3) is 0.148. The second-order valence-electron chi connectivity index (χ2n) is 8.26. The number of hydrogen-bond acceptors (Lipinski definition) is 4. The summed E-state index contributed by atoms with van der Waals surface area (Å²) in [6.07, 6.45) is -4.26. The molecule has 0 saturated carbocycles. The van der Waals surface area contributed by atoms with Crippen LogP contribution in [0.15, 0.2) is 89.7 Å². The lowest BCUT2D eigenvalue weighted by molar-refractivity contribution is -0.137. The number of aromatic nitrogens is 2. The summed E-state index contributed by atoms with van der Waals surface area (Å²) in [5, 5.41) is 16.6. The van der Waals surface area contributed by atoms with Gasteiger partial charge in [0.05, 0.1) is 29.6 Å². The fourth-order valence-corrected chi connectivity index (χ4v) is 3.73. The largest absolute Gasteiger partial charge is 0.416 e. The zero-order chi connectivity index (χ0) is 26.6. The van der Waals surface area contributed by atoms with Crippen LogP contribution >= 0.6 is 0 Å². The van der Waals surface area contributed by atoms with E-state index < -0.39 is 41.7 Å². The van der Waals surface area contributed by atoms with Crippen LogP contribution in [-0.2, 0) is 12.6 Å². The molecule has 2 N–H and O–H groups in total. The number of aliphatic hydroxyl groups excluding tert-OH is 1. The van der Waals surface area contributed by atoms with Crippen molar-refractivity contribution in [3.05, 3.63) is 118 Å². The van der Waals surface area contributed by atoms with Gasteiger partial charge in [-0.3, -0.25) is 9.59 Å². The second-order valence-corrected chi connectivity index (χ2v) is 8.26. The molecule has 6 nitrogen and oxygen atoms in total. The first-order valence-corrected chi connectivity index (χ1v) is 11.2. The standard InChI is InChI=1S/C27H21F4N3O3/c28-20-7-4-8-22(14-20)34-26(37)23(25(36)32-21(16-35)13-17-5-2-1-3-6-17)15-24(33-34)18-9-11-19(12-10-18)27(29,30)31/h1-12,14-15,21,35H,13,16H2,(H,32,36)/t21-/m1/s1. The minimum atomic E-state index is -4.55. The minimum absolute atomic E-state index is 0.0198. The zero-order valence-electron chi connectivity index (χ0n) is 19.2. The van der Waals surface area contributed by atoms with Crippen molar-refractivity contribution in [2.75, 3.05) is 6.61 Å². The monoisotopic (exact) mass is 511 g/mol. The van der Waals surface area contributed by atoms with Crippen LogP contribution < -0.4 is 10.9 Å². The zero-order valence-corrected chi connectivity index (χ0v) is 19.2. The first-order valence-electron chi connectivity index (χ1n) is 11.2. The van der Waals surface area contributed by atoms with Crippen molar-refractivity contribution in [1.82, 2.24) is 15.1 Å². The number of rotatable bonds is 7. The van der Waals surface area contributed by atoms with Crippen LogP contribution in [0.1, 0.15) is 21.5 Å². The molecule has 0 aliphatic carbocycles. The van der Waals surface area contributed by atoms with Crippen molar-refractivity contribution >= 4 is 5.91 Å².